The highest BCUT2D eigenvalue weighted by atomic mass is 35.5. The van der Waals surface area contributed by atoms with Crippen LogP contribution in [0.4, 0.5) is 55.3 Å². The van der Waals surface area contributed by atoms with Crippen LogP contribution >= 0.6 is 11.6 Å². The minimum absolute atomic E-state index is 0.0920. The predicted molar refractivity (Wildman–Crippen MR) is 112 cm³/mol. The van der Waals surface area contributed by atoms with E-state index in [0.29, 0.717) is 18.2 Å². The average Bonchev–Trinajstić information content (AvgIpc) is 2.77. The second-order valence-corrected chi connectivity index (χ2v) is 10.3. The molecule has 0 bridgehead atoms. The number of nitro groups is 1. The number of rotatable bonds is 8. The zero-order valence-corrected chi connectivity index (χ0v) is 20.0. The number of hydrogen-bond acceptors (Lipinski definition) is 5. The smallest absolute Gasteiger partial charge is 0.324 e. The summed E-state index contributed by atoms with van der Waals surface area (Å²) in [6.07, 6.45) is -11.7. The van der Waals surface area contributed by atoms with Crippen molar-refractivity contribution < 1.29 is 62.0 Å². The molecule has 38 heavy (non-hydrogen) atoms. The van der Waals surface area contributed by atoms with Gasteiger partial charge in [0.2, 0.25) is 5.91 Å². The highest BCUT2D eigenvalue weighted by Crippen LogP contribution is 2.49. The maximum absolute atomic E-state index is 13.7. The first-order valence-corrected chi connectivity index (χ1v) is 12.0. The lowest BCUT2D eigenvalue weighted by Crippen LogP contribution is -2.54. The van der Waals surface area contributed by atoms with E-state index >= 15 is 0 Å². The number of amides is 1. The van der Waals surface area contributed by atoms with E-state index in [1.807, 2.05) is 5.32 Å². The van der Waals surface area contributed by atoms with Gasteiger partial charge in [-0.2, -0.15) is 43.9 Å². The molecule has 210 valence electrons. The van der Waals surface area contributed by atoms with Gasteiger partial charge in [0.25, 0.3) is 5.69 Å². The van der Waals surface area contributed by atoms with Crippen LogP contribution in [-0.2, 0) is 32.6 Å². The van der Waals surface area contributed by atoms with Crippen molar-refractivity contribution in [3.63, 3.8) is 0 Å². The fourth-order valence-electron chi connectivity index (χ4n) is 2.56. The van der Waals surface area contributed by atoms with Crippen LogP contribution < -0.4 is 5.32 Å². The lowest BCUT2D eigenvalue weighted by atomic mass is 10.2. The molecule has 0 radical (unpaired) electrons. The SMILES string of the molecule is O=C(CS(=O)c1ccc(S(=O)C(F)(F)C(F)(F)C(F)(F)F)cc1[N+](=O)[O-])Nc1cc(C(F)(F)F)ccc1Cl. The molecule has 0 saturated carbocycles. The third kappa shape index (κ3) is 6.42. The second kappa shape index (κ2) is 10.8. The molecule has 0 aliphatic carbocycles. The highest BCUT2D eigenvalue weighted by molar-refractivity contribution is 7.86. The summed E-state index contributed by atoms with van der Waals surface area (Å²) in [7, 11) is -7.26. The van der Waals surface area contributed by atoms with Gasteiger partial charge in [-0.1, -0.05) is 11.6 Å². The van der Waals surface area contributed by atoms with Crippen LogP contribution in [0.3, 0.4) is 0 Å². The minimum atomic E-state index is -6.84. The van der Waals surface area contributed by atoms with Gasteiger partial charge in [-0.25, -0.2) is 4.21 Å². The number of carbonyl (C=O) groups excluding carboxylic acids is 1. The maximum atomic E-state index is 13.7. The molecular formula is C18H9ClF10N2O5S2. The van der Waals surface area contributed by atoms with Gasteiger partial charge in [0.15, 0.2) is 0 Å². The Morgan fingerprint density at radius 2 is 1.53 bits per heavy atom. The number of alkyl halides is 10. The van der Waals surface area contributed by atoms with Crippen molar-refractivity contribution in [3.05, 3.63) is 57.1 Å². The average molecular weight is 623 g/mol. The molecule has 0 aliphatic rings. The zero-order chi connectivity index (χ0) is 29.4. The van der Waals surface area contributed by atoms with Crippen molar-refractivity contribution in [2.75, 3.05) is 11.1 Å². The van der Waals surface area contributed by atoms with Crippen molar-refractivity contribution in [2.45, 2.75) is 33.3 Å². The molecule has 0 spiro atoms. The van der Waals surface area contributed by atoms with Crippen LogP contribution in [0.1, 0.15) is 5.56 Å². The van der Waals surface area contributed by atoms with Gasteiger partial charge in [0.1, 0.15) is 21.4 Å². The number of halogens is 11. The second-order valence-electron chi connectivity index (χ2n) is 6.97. The summed E-state index contributed by atoms with van der Waals surface area (Å²) < 4.78 is 154. The standard InChI is InChI=1S/C18H9ClF10N2O5S2/c19-10-3-1-8(15(20,21)22)5-11(10)30-14(32)7-37(35)13-4-2-9(6-12(13)31(33)34)38(36)18(28,29)16(23,24)17(25,26)27/h1-6H,7H2,(H,30,32). The first-order chi connectivity index (χ1) is 17.1. The topological polar surface area (TPSA) is 106 Å². The maximum Gasteiger partial charge on any atom is 0.461 e. The quantitative estimate of drug-likeness (QED) is 0.224. The third-order valence-corrected chi connectivity index (χ3v) is 7.46. The number of carbonyl (C=O) groups is 1. The van der Waals surface area contributed by atoms with Crippen LogP contribution in [0.15, 0.2) is 46.2 Å². The van der Waals surface area contributed by atoms with E-state index in [4.69, 9.17) is 11.6 Å². The molecule has 2 aromatic carbocycles. The Bertz CT molecular complexity index is 1320. The molecule has 0 fully saturated rings. The Morgan fingerprint density at radius 3 is 2.03 bits per heavy atom. The summed E-state index contributed by atoms with van der Waals surface area (Å²) in [6, 6.07) is 2.21. The molecule has 2 unspecified atom stereocenters. The summed E-state index contributed by atoms with van der Waals surface area (Å²) in [4.78, 5) is 19.5. The minimum Gasteiger partial charge on any atom is -0.324 e. The molecule has 1 amide bonds. The molecule has 0 heterocycles. The molecule has 2 rings (SSSR count). The van der Waals surface area contributed by atoms with Crippen molar-refractivity contribution in [1.82, 2.24) is 0 Å². The van der Waals surface area contributed by atoms with Gasteiger partial charge < -0.3 is 5.32 Å². The fraction of sp³-hybridized carbons (Fsp3) is 0.278. The summed E-state index contributed by atoms with van der Waals surface area (Å²) >= 11 is 5.69. The van der Waals surface area contributed by atoms with Gasteiger partial charge in [-0.05, 0) is 30.3 Å². The number of hydrogen-bond donors (Lipinski definition) is 1. The lowest BCUT2D eigenvalue weighted by Gasteiger charge is -2.27. The van der Waals surface area contributed by atoms with E-state index in [1.165, 1.54) is 0 Å². The van der Waals surface area contributed by atoms with Gasteiger partial charge in [-0.15, -0.1) is 0 Å². The molecule has 2 atom stereocenters. The highest BCUT2D eigenvalue weighted by Gasteiger charge is 2.76. The van der Waals surface area contributed by atoms with E-state index in [0.717, 1.165) is 6.07 Å². The Balaban J connectivity index is 2.35. The normalized spacial score (nSPS) is 14.6. The number of nitrogens with zero attached hydrogens (tertiary/aromatic N) is 1. The molecule has 1 N–H and O–H groups in total. The van der Waals surface area contributed by atoms with E-state index in [-0.39, 0.29) is 17.2 Å². The molecule has 2 aromatic rings. The molecule has 0 aliphatic heterocycles. The molecule has 0 aromatic heterocycles. The van der Waals surface area contributed by atoms with Crippen molar-refractivity contribution in [1.29, 1.82) is 0 Å². The summed E-state index contributed by atoms with van der Waals surface area (Å²) in [6.45, 7) is 0. The van der Waals surface area contributed by atoms with Crippen molar-refractivity contribution in [2.24, 2.45) is 0 Å². The zero-order valence-electron chi connectivity index (χ0n) is 17.6. The Hall–Kier alpha value is -2.80. The summed E-state index contributed by atoms with van der Waals surface area (Å²) in [5, 5.41) is 6.52. The summed E-state index contributed by atoms with van der Waals surface area (Å²) in [5.74, 6) is -9.30. The fourth-order valence-corrected chi connectivity index (χ4v) is 4.83. The molecular weight excluding hydrogens is 614 g/mol. The van der Waals surface area contributed by atoms with Crippen LogP contribution in [0.2, 0.25) is 5.02 Å². The van der Waals surface area contributed by atoms with Crippen LogP contribution in [0.5, 0.6) is 0 Å². The Labute approximate surface area is 214 Å². The monoisotopic (exact) mass is 622 g/mol. The first-order valence-electron chi connectivity index (χ1n) is 9.19. The predicted octanol–water partition coefficient (Wildman–Crippen LogP) is 5.91. The van der Waals surface area contributed by atoms with Gasteiger partial charge in [0.05, 0.1) is 36.9 Å². The van der Waals surface area contributed by atoms with E-state index in [2.05, 4.69) is 0 Å². The molecule has 20 heteroatoms. The first kappa shape index (κ1) is 31.4. The third-order valence-electron chi connectivity index (χ3n) is 4.37. The van der Waals surface area contributed by atoms with Gasteiger partial charge in [-0.3, -0.25) is 19.1 Å². The molecule has 7 nitrogen and oxygen atoms in total. The Morgan fingerprint density at radius 1 is 0.947 bits per heavy atom. The van der Waals surface area contributed by atoms with Crippen LogP contribution in [0, 0.1) is 10.1 Å². The number of nitrogens with one attached hydrogen (secondary N) is 1. The largest absolute Gasteiger partial charge is 0.461 e. The van der Waals surface area contributed by atoms with E-state index in [1.54, 1.807) is 0 Å². The number of benzene rings is 2. The van der Waals surface area contributed by atoms with Gasteiger partial charge >= 0.3 is 23.5 Å². The van der Waals surface area contributed by atoms with E-state index in [9.17, 15) is 67.2 Å². The Kier molecular flexibility index (Phi) is 8.89. The molecule has 0 saturated heterocycles. The van der Waals surface area contributed by atoms with Gasteiger partial charge in [0, 0.05) is 6.07 Å². The number of anilines is 1. The van der Waals surface area contributed by atoms with Crippen LogP contribution in [-0.4, -0.2) is 42.4 Å². The van der Waals surface area contributed by atoms with Crippen LogP contribution in [0.25, 0.3) is 0 Å². The number of nitro benzene ring substituents is 1. The lowest BCUT2D eigenvalue weighted by molar-refractivity contribution is -0.388. The van der Waals surface area contributed by atoms with Crippen molar-refractivity contribution in [3.8, 4) is 0 Å². The summed E-state index contributed by atoms with van der Waals surface area (Å²) in [5.41, 5.74) is -3.26. The van der Waals surface area contributed by atoms with E-state index < -0.39 is 88.4 Å². The van der Waals surface area contributed by atoms with Crippen molar-refractivity contribution >= 4 is 50.5 Å².